The van der Waals surface area contributed by atoms with E-state index in [1.165, 1.54) is 21.3 Å². The molecule has 2 aliphatic carbocycles. The van der Waals surface area contributed by atoms with E-state index in [1.807, 2.05) is 0 Å². The van der Waals surface area contributed by atoms with Crippen molar-refractivity contribution in [2.75, 3.05) is 21.3 Å². The van der Waals surface area contributed by atoms with E-state index in [0.717, 1.165) is 32.1 Å². The molecule has 0 aromatic rings. The quantitative estimate of drug-likeness (QED) is 0.442. The fourth-order valence-electron chi connectivity index (χ4n) is 4.10. The zero-order valence-electron chi connectivity index (χ0n) is 12.7. The van der Waals surface area contributed by atoms with Gasteiger partial charge in [-0.05, 0) is 24.7 Å². The fraction of sp³-hybridized carbons (Fsp3) is 0.800. The Morgan fingerprint density at radius 3 is 1.71 bits per heavy atom. The van der Waals surface area contributed by atoms with Crippen molar-refractivity contribution in [3.05, 3.63) is 0 Å². The summed E-state index contributed by atoms with van der Waals surface area (Å²) >= 11 is 0. The molecule has 2 atom stereocenters. The van der Waals surface area contributed by atoms with Gasteiger partial charge in [0, 0.05) is 0 Å². The standard InChI is InChI=1S/C15H22O6/c1-19-12(16)11(13(17)20-2)15(14(18)21-3)9-7-5-4-6-8-10(9)15/h9-11H,4-8H2,1-3H3. The molecule has 0 spiro atoms. The number of ether oxygens (including phenoxy) is 3. The van der Waals surface area contributed by atoms with Crippen LogP contribution in [-0.2, 0) is 28.6 Å². The van der Waals surface area contributed by atoms with E-state index in [9.17, 15) is 14.4 Å². The van der Waals surface area contributed by atoms with Crippen LogP contribution < -0.4 is 0 Å². The van der Waals surface area contributed by atoms with E-state index in [-0.39, 0.29) is 11.8 Å². The third kappa shape index (κ3) is 2.30. The molecule has 21 heavy (non-hydrogen) atoms. The van der Waals surface area contributed by atoms with Crippen molar-refractivity contribution in [3.63, 3.8) is 0 Å². The largest absolute Gasteiger partial charge is 0.469 e. The molecule has 2 unspecified atom stereocenters. The molecule has 0 aromatic heterocycles. The SMILES string of the molecule is COC(=O)C(C(=O)OC)C1(C(=O)OC)C2CCCCCC21. The molecule has 0 aromatic carbocycles. The van der Waals surface area contributed by atoms with E-state index < -0.39 is 29.2 Å². The highest BCUT2D eigenvalue weighted by Gasteiger charge is 2.76. The van der Waals surface area contributed by atoms with Crippen molar-refractivity contribution in [2.24, 2.45) is 23.2 Å². The maximum Gasteiger partial charge on any atom is 0.321 e. The van der Waals surface area contributed by atoms with Gasteiger partial charge in [0.1, 0.15) is 0 Å². The second kappa shape index (κ2) is 6.03. The Morgan fingerprint density at radius 2 is 1.33 bits per heavy atom. The summed E-state index contributed by atoms with van der Waals surface area (Å²) in [5.74, 6) is -3.18. The average molecular weight is 298 g/mol. The zero-order chi connectivity index (χ0) is 15.6. The third-order valence-corrected chi connectivity index (χ3v) is 5.02. The van der Waals surface area contributed by atoms with Crippen LogP contribution in [0.2, 0.25) is 0 Å². The lowest BCUT2D eigenvalue weighted by Crippen LogP contribution is -2.42. The first kappa shape index (κ1) is 15.8. The molecule has 2 aliphatic rings. The van der Waals surface area contributed by atoms with Crippen LogP contribution in [0, 0.1) is 23.2 Å². The van der Waals surface area contributed by atoms with Crippen LogP contribution in [0.3, 0.4) is 0 Å². The van der Waals surface area contributed by atoms with Crippen LogP contribution >= 0.6 is 0 Å². The Balaban J connectivity index is 2.42. The molecule has 6 nitrogen and oxygen atoms in total. The molecule has 0 amide bonds. The van der Waals surface area contributed by atoms with Crippen LogP contribution in [0.25, 0.3) is 0 Å². The molecule has 118 valence electrons. The van der Waals surface area contributed by atoms with Gasteiger partial charge in [-0.1, -0.05) is 19.3 Å². The summed E-state index contributed by atoms with van der Waals surface area (Å²) in [5.41, 5.74) is -1.10. The van der Waals surface area contributed by atoms with Crippen LogP contribution in [-0.4, -0.2) is 39.2 Å². The van der Waals surface area contributed by atoms with Crippen LogP contribution in [0.5, 0.6) is 0 Å². The van der Waals surface area contributed by atoms with E-state index >= 15 is 0 Å². The lowest BCUT2D eigenvalue weighted by Gasteiger charge is -2.24. The summed E-state index contributed by atoms with van der Waals surface area (Å²) in [6.07, 6.45) is 4.75. The van der Waals surface area contributed by atoms with Gasteiger partial charge in [-0.15, -0.1) is 0 Å². The lowest BCUT2D eigenvalue weighted by molar-refractivity contribution is -0.171. The maximum atomic E-state index is 12.4. The molecule has 2 rings (SSSR count). The number of carbonyl (C=O) groups excluding carboxylic acids is 3. The Morgan fingerprint density at radius 1 is 0.857 bits per heavy atom. The summed E-state index contributed by atoms with van der Waals surface area (Å²) in [5, 5.41) is 0. The summed E-state index contributed by atoms with van der Waals surface area (Å²) in [4.78, 5) is 36.7. The first-order valence-corrected chi connectivity index (χ1v) is 7.29. The van der Waals surface area contributed by atoms with Gasteiger partial charge in [-0.2, -0.15) is 0 Å². The second-order valence-corrected chi connectivity index (χ2v) is 5.75. The second-order valence-electron chi connectivity index (χ2n) is 5.75. The van der Waals surface area contributed by atoms with Gasteiger partial charge >= 0.3 is 17.9 Å². The molecule has 6 heteroatoms. The maximum absolute atomic E-state index is 12.4. The van der Waals surface area contributed by atoms with Gasteiger partial charge in [-0.25, -0.2) is 0 Å². The number of carbonyl (C=O) groups is 3. The van der Waals surface area contributed by atoms with Gasteiger partial charge in [-0.3, -0.25) is 14.4 Å². The molecule has 0 heterocycles. The van der Waals surface area contributed by atoms with E-state index in [2.05, 4.69) is 0 Å². The van der Waals surface area contributed by atoms with Crippen LogP contribution in [0.15, 0.2) is 0 Å². The molecule has 0 saturated heterocycles. The van der Waals surface area contributed by atoms with Crippen LogP contribution in [0.1, 0.15) is 32.1 Å². The molecule has 2 fully saturated rings. The number of fused-ring (bicyclic) bond motifs is 1. The predicted molar refractivity (Wildman–Crippen MR) is 72.0 cm³/mol. The average Bonchev–Trinajstić information content (AvgIpc) is 3.19. The van der Waals surface area contributed by atoms with Gasteiger partial charge in [0.25, 0.3) is 0 Å². The summed E-state index contributed by atoms with van der Waals surface area (Å²) < 4.78 is 14.4. The van der Waals surface area contributed by atoms with Gasteiger partial charge in [0.2, 0.25) is 0 Å². The summed E-state index contributed by atoms with van der Waals surface area (Å²) in [6, 6.07) is 0. The normalized spacial score (nSPS) is 30.9. The fourth-order valence-corrected chi connectivity index (χ4v) is 4.10. The molecule has 0 aliphatic heterocycles. The zero-order valence-corrected chi connectivity index (χ0v) is 12.7. The van der Waals surface area contributed by atoms with Crippen molar-refractivity contribution in [3.8, 4) is 0 Å². The Hall–Kier alpha value is -1.59. The van der Waals surface area contributed by atoms with Crippen molar-refractivity contribution >= 4 is 17.9 Å². The van der Waals surface area contributed by atoms with Gasteiger partial charge < -0.3 is 14.2 Å². The minimum absolute atomic E-state index is 0.00403. The molecular formula is C15H22O6. The highest BCUT2D eigenvalue weighted by atomic mass is 16.5. The monoisotopic (exact) mass is 298 g/mol. The molecule has 0 radical (unpaired) electrons. The number of rotatable bonds is 4. The van der Waals surface area contributed by atoms with Gasteiger partial charge in [0.05, 0.1) is 26.7 Å². The minimum atomic E-state index is -1.23. The summed E-state index contributed by atoms with van der Waals surface area (Å²) in [7, 11) is 3.71. The van der Waals surface area contributed by atoms with Crippen molar-refractivity contribution in [2.45, 2.75) is 32.1 Å². The number of hydrogen-bond acceptors (Lipinski definition) is 6. The predicted octanol–water partition coefficient (Wildman–Crippen LogP) is 1.32. The Bertz CT molecular complexity index is 415. The first-order chi connectivity index (χ1) is 10.0. The lowest BCUT2D eigenvalue weighted by atomic mass is 9.82. The van der Waals surface area contributed by atoms with Gasteiger partial charge in [0.15, 0.2) is 5.92 Å². The Kier molecular flexibility index (Phi) is 4.54. The Labute approximate surface area is 124 Å². The highest BCUT2D eigenvalue weighted by molar-refractivity contribution is 6.02. The number of hydrogen-bond donors (Lipinski definition) is 0. The van der Waals surface area contributed by atoms with E-state index in [0.29, 0.717) is 0 Å². The van der Waals surface area contributed by atoms with Crippen molar-refractivity contribution < 1.29 is 28.6 Å². The highest BCUT2D eigenvalue weighted by Crippen LogP contribution is 2.69. The van der Waals surface area contributed by atoms with Crippen LogP contribution in [0.4, 0.5) is 0 Å². The smallest absolute Gasteiger partial charge is 0.321 e. The van der Waals surface area contributed by atoms with Crippen molar-refractivity contribution in [1.82, 2.24) is 0 Å². The topological polar surface area (TPSA) is 78.9 Å². The molecule has 0 bridgehead atoms. The third-order valence-electron chi connectivity index (χ3n) is 5.02. The summed E-state index contributed by atoms with van der Waals surface area (Å²) in [6.45, 7) is 0. The minimum Gasteiger partial charge on any atom is -0.469 e. The van der Waals surface area contributed by atoms with E-state index in [4.69, 9.17) is 14.2 Å². The number of esters is 3. The number of methoxy groups -OCH3 is 3. The molecule has 2 saturated carbocycles. The van der Waals surface area contributed by atoms with E-state index in [1.54, 1.807) is 0 Å². The van der Waals surface area contributed by atoms with Crippen molar-refractivity contribution in [1.29, 1.82) is 0 Å². The first-order valence-electron chi connectivity index (χ1n) is 7.29. The molecular weight excluding hydrogens is 276 g/mol. The molecule has 0 N–H and O–H groups in total.